The lowest BCUT2D eigenvalue weighted by Crippen LogP contribution is -2.45. The van der Waals surface area contributed by atoms with Gasteiger partial charge in [-0.3, -0.25) is 19.3 Å². The van der Waals surface area contributed by atoms with Gasteiger partial charge in [0.2, 0.25) is 11.8 Å². The molecule has 4 aliphatic carbocycles. The predicted octanol–water partition coefficient (Wildman–Crippen LogP) is 2.62. The van der Waals surface area contributed by atoms with E-state index in [1.165, 1.54) is 6.92 Å². The third kappa shape index (κ3) is 2.81. The summed E-state index contributed by atoms with van der Waals surface area (Å²) in [6.45, 7) is 1.07. The smallest absolute Gasteiger partial charge is 0.329 e. The molecule has 7 heteroatoms. The molecule has 1 aliphatic heterocycles. The SMILES string of the molecule is C[C@H](C(=O)OCC(=O)c1ccc(Br)cc1)N1C(=O)[C@@H]2[C@H]3C=C[C@@H]([C@@H]4C[C@H]34)[C@H]2C1=O. The highest BCUT2D eigenvalue weighted by Crippen LogP contribution is 2.65. The molecule has 2 amide bonds. The molecule has 1 aromatic rings. The Hall–Kier alpha value is -2.28. The van der Waals surface area contributed by atoms with Crippen LogP contribution in [0, 0.1) is 35.5 Å². The molecule has 0 unspecified atom stereocenters. The highest BCUT2D eigenvalue weighted by atomic mass is 79.9. The number of Topliss-reactive ketones (excluding diaryl/α,β-unsaturated/α-hetero) is 1. The first-order valence-corrected chi connectivity index (χ1v) is 10.7. The third-order valence-corrected chi connectivity index (χ3v) is 7.47. The van der Waals surface area contributed by atoms with Crippen molar-refractivity contribution in [1.29, 1.82) is 0 Å². The summed E-state index contributed by atoms with van der Waals surface area (Å²) in [5.41, 5.74) is 0.426. The number of carbonyl (C=O) groups excluding carboxylic acids is 4. The first-order chi connectivity index (χ1) is 13.9. The third-order valence-electron chi connectivity index (χ3n) is 6.94. The quantitative estimate of drug-likeness (QED) is 0.293. The van der Waals surface area contributed by atoms with E-state index in [-0.39, 0.29) is 41.3 Å². The highest BCUT2D eigenvalue weighted by Gasteiger charge is 2.67. The molecule has 29 heavy (non-hydrogen) atoms. The van der Waals surface area contributed by atoms with Crippen LogP contribution < -0.4 is 0 Å². The average molecular weight is 458 g/mol. The number of hydrogen-bond acceptors (Lipinski definition) is 5. The van der Waals surface area contributed by atoms with E-state index in [0.717, 1.165) is 15.8 Å². The van der Waals surface area contributed by atoms with Crippen molar-refractivity contribution in [3.8, 4) is 0 Å². The largest absolute Gasteiger partial charge is 0.456 e. The van der Waals surface area contributed by atoms with Crippen LogP contribution in [0.2, 0.25) is 0 Å². The lowest BCUT2D eigenvalue weighted by molar-refractivity contribution is -0.157. The Labute approximate surface area is 176 Å². The zero-order valence-electron chi connectivity index (χ0n) is 15.8. The van der Waals surface area contributed by atoms with Gasteiger partial charge >= 0.3 is 5.97 Å². The highest BCUT2D eigenvalue weighted by molar-refractivity contribution is 9.10. The van der Waals surface area contributed by atoms with Crippen LogP contribution in [0.1, 0.15) is 23.7 Å². The van der Waals surface area contributed by atoms with E-state index in [4.69, 9.17) is 4.74 Å². The molecule has 0 aromatic heterocycles. The van der Waals surface area contributed by atoms with Crippen LogP contribution >= 0.6 is 15.9 Å². The summed E-state index contributed by atoms with van der Waals surface area (Å²) in [5, 5.41) is 0. The molecule has 0 radical (unpaired) electrons. The molecule has 2 bridgehead atoms. The number of benzene rings is 1. The van der Waals surface area contributed by atoms with Crippen LogP contribution in [0.25, 0.3) is 0 Å². The van der Waals surface area contributed by atoms with Gasteiger partial charge in [0.05, 0.1) is 11.8 Å². The van der Waals surface area contributed by atoms with Gasteiger partial charge in [0.1, 0.15) is 6.04 Å². The van der Waals surface area contributed by atoms with Crippen molar-refractivity contribution >= 4 is 39.5 Å². The van der Waals surface area contributed by atoms with Gasteiger partial charge in [-0.15, -0.1) is 0 Å². The van der Waals surface area contributed by atoms with Gasteiger partial charge in [-0.25, -0.2) is 4.79 Å². The van der Waals surface area contributed by atoms with Crippen LogP contribution in [0.3, 0.4) is 0 Å². The number of carbonyl (C=O) groups is 4. The van der Waals surface area contributed by atoms with E-state index >= 15 is 0 Å². The Morgan fingerprint density at radius 3 is 2.17 bits per heavy atom. The molecule has 150 valence electrons. The van der Waals surface area contributed by atoms with Crippen LogP contribution in [0.4, 0.5) is 0 Å². The molecule has 5 aliphatic rings. The van der Waals surface area contributed by atoms with Gasteiger partial charge in [0.15, 0.2) is 12.4 Å². The van der Waals surface area contributed by atoms with Crippen molar-refractivity contribution in [1.82, 2.24) is 4.90 Å². The summed E-state index contributed by atoms with van der Waals surface area (Å²) in [6, 6.07) is 5.70. The summed E-state index contributed by atoms with van der Waals surface area (Å²) >= 11 is 3.30. The van der Waals surface area contributed by atoms with Crippen LogP contribution in [-0.2, 0) is 19.1 Å². The topological polar surface area (TPSA) is 80.8 Å². The molecule has 0 N–H and O–H groups in total. The van der Waals surface area contributed by atoms with Gasteiger partial charge in [0, 0.05) is 10.0 Å². The Morgan fingerprint density at radius 1 is 1.07 bits per heavy atom. The van der Waals surface area contributed by atoms with Gasteiger partial charge < -0.3 is 4.74 Å². The summed E-state index contributed by atoms with van der Waals surface area (Å²) in [7, 11) is 0. The van der Waals surface area contributed by atoms with Gasteiger partial charge in [-0.2, -0.15) is 0 Å². The zero-order chi connectivity index (χ0) is 20.4. The number of imide groups is 1. The number of ketones is 1. The van der Waals surface area contributed by atoms with Crippen molar-refractivity contribution in [3.63, 3.8) is 0 Å². The van der Waals surface area contributed by atoms with Crippen molar-refractivity contribution in [3.05, 3.63) is 46.5 Å². The van der Waals surface area contributed by atoms with Crippen molar-refractivity contribution in [2.45, 2.75) is 19.4 Å². The van der Waals surface area contributed by atoms with E-state index in [1.807, 2.05) is 0 Å². The number of ether oxygens (including phenoxy) is 1. The molecular formula is C22H20BrNO5. The number of nitrogens with zero attached hydrogens (tertiary/aromatic N) is 1. The number of esters is 1. The second-order valence-corrected chi connectivity index (χ2v) is 9.33. The van der Waals surface area contributed by atoms with E-state index in [9.17, 15) is 19.2 Å². The Kier molecular flexibility index (Phi) is 4.28. The first kappa shape index (κ1) is 18.7. The van der Waals surface area contributed by atoms with Crippen molar-refractivity contribution < 1.29 is 23.9 Å². The predicted molar refractivity (Wildman–Crippen MR) is 105 cm³/mol. The maximum absolute atomic E-state index is 13.0. The fourth-order valence-electron chi connectivity index (χ4n) is 5.44. The Bertz CT molecular complexity index is 918. The number of hydrogen-bond donors (Lipinski definition) is 0. The van der Waals surface area contributed by atoms with Crippen LogP contribution in [0.15, 0.2) is 40.9 Å². The van der Waals surface area contributed by atoms with E-state index in [1.54, 1.807) is 24.3 Å². The number of likely N-dealkylation sites (tertiary alicyclic amines) is 1. The maximum atomic E-state index is 13.0. The molecule has 1 saturated heterocycles. The van der Waals surface area contributed by atoms with Gasteiger partial charge in [-0.05, 0) is 49.1 Å². The van der Waals surface area contributed by atoms with Crippen molar-refractivity contribution in [2.24, 2.45) is 35.5 Å². The molecule has 1 aromatic carbocycles. The molecule has 7 atom stereocenters. The number of halogens is 1. The zero-order valence-corrected chi connectivity index (χ0v) is 17.4. The summed E-state index contributed by atoms with van der Waals surface area (Å²) in [4.78, 5) is 51.9. The number of amides is 2. The summed E-state index contributed by atoms with van der Waals surface area (Å²) in [6.07, 6.45) is 5.27. The maximum Gasteiger partial charge on any atom is 0.329 e. The van der Waals surface area contributed by atoms with E-state index in [2.05, 4.69) is 28.1 Å². The normalized spacial score (nSPS) is 34.6. The molecule has 1 heterocycles. The number of allylic oxidation sites excluding steroid dienone is 2. The molecule has 0 spiro atoms. The first-order valence-electron chi connectivity index (χ1n) is 9.89. The minimum atomic E-state index is -1.03. The second kappa shape index (κ2) is 6.62. The van der Waals surface area contributed by atoms with Crippen LogP contribution in [0.5, 0.6) is 0 Å². The number of rotatable bonds is 5. The monoisotopic (exact) mass is 457 g/mol. The van der Waals surface area contributed by atoms with Gasteiger partial charge in [0.25, 0.3) is 0 Å². The molecule has 2 saturated carbocycles. The Balaban J connectivity index is 1.26. The fourth-order valence-corrected chi connectivity index (χ4v) is 5.71. The van der Waals surface area contributed by atoms with E-state index in [0.29, 0.717) is 17.4 Å². The minimum absolute atomic E-state index is 0.110. The lowest BCUT2D eigenvalue weighted by atomic mass is 9.63. The van der Waals surface area contributed by atoms with E-state index < -0.39 is 18.6 Å². The molecule has 6 nitrogen and oxygen atoms in total. The summed E-state index contributed by atoms with van der Waals surface area (Å²) < 4.78 is 5.99. The van der Waals surface area contributed by atoms with Crippen LogP contribution in [-0.4, -0.2) is 41.1 Å². The lowest BCUT2D eigenvalue weighted by Gasteiger charge is -2.37. The fraction of sp³-hybridized carbons (Fsp3) is 0.455. The molecule has 3 fully saturated rings. The van der Waals surface area contributed by atoms with Crippen molar-refractivity contribution in [2.75, 3.05) is 6.61 Å². The van der Waals surface area contributed by atoms with Gasteiger partial charge in [-0.1, -0.05) is 40.2 Å². The molecule has 6 rings (SSSR count). The Morgan fingerprint density at radius 2 is 1.62 bits per heavy atom. The minimum Gasteiger partial charge on any atom is -0.456 e. The standard InChI is InChI=1S/C22H20BrNO5/c1-10(22(28)29-9-17(25)11-2-4-12(23)5-3-11)24-20(26)18-13-6-7-14(16-8-15(13)16)19(18)21(24)27/h2-7,10,13-16,18-19H,8-9H2,1H3/t10-,13+,14+,15-,16+,18-,19-/m1/s1. The molecular weight excluding hydrogens is 438 g/mol. The average Bonchev–Trinajstić information content (AvgIpc) is 3.49. The second-order valence-electron chi connectivity index (χ2n) is 8.41. The summed E-state index contributed by atoms with van der Waals surface area (Å²) in [5.74, 6) is -1.07.